The molecule has 0 saturated carbocycles. The van der Waals surface area contributed by atoms with Gasteiger partial charge in [0.2, 0.25) is 5.91 Å². The molecule has 0 aliphatic carbocycles. The van der Waals surface area contributed by atoms with Crippen LogP contribution in [0.3, 0.4) is 0 Å². The molecule has 0 unspecified atom stereocenters. The average Bonchev–Trinajstić information content (AvgIpc) is 3.19. The number of benzene rings is 1. The normalized spacial score (nSPS) is 22.9. The predicted molar refractivity (Wildman–Crippen MR) is 96.0 cm³/mol. The molecule has 6 heteroatoms. The quantitative estimate of drug-likeness (QED) is 0.860. The van der Waals surface area contributed by atoms with Crippen LogP contribution in [0, 0.1) is 12.3 Å². The van der Waals surface area contributed by atoms with Crippen LogP contribution in [0.5, 0.6) is 5.75 Å². The van der Waals surface area contributed by atoms with Crippen molar-refractivity contribution in [2.45, 2.75) is 19.8 Å². The van der Waals surface area contributed by atoms with Gasteiger partial charge >= 0.3 is 0 Å². The number of hydrogen-bond acceptors (Lipinski definition) is 5. The molecule has 1 aromatic carbocycles. The monoisotopic (exact) mass is 338 g/mol. The van der Waals surface area contributed by atoms with Crippen molar-refractivity contribution in [1.82, 2.24) is 10.2 Å². The van der Waals surface area contributed by atoms with Crippen molar-refractivity contribution in [3.63, 3.8) is 0 Å². The summed E-state index contributed by atoms with van der Waals surface area (Å²) in [6, 6.07) is 11.7. The standard InChI is InChI=1S/C19H22N4O2/c1-14-3-8-17(21-20-14)22-10-9-19(12-22)11-18(24)23(13-19)15-4-6-16(25-2)7-5-15/h3-8H,9-13H2,1-2H3/t19-/m1/s1. The highest BCUT2D eigenvalue weighted by Crippen LogP contribution is 2.42. The van der Waals surface area contributed by atoms with Crippen molar-refractivity contribution in [1.29, 1.82) is 0 Å². The van der Waals surface area contributed by atoms with Gasteiger partial charge in [-0.2, -0.15) is 5.10 Å². The maximum absolute atomic E-state index is 12.6. The SMILES string of the molecule is COc1ccc(N2C[C@]3(CCN(c4ccc(C)nn4)C3)CC2=O)cc1. The maximum Gasteiger partial charge on any atom is 0.227 e. The summed E-state index contributed by atoms with van der Waals surface area (Å²) in [5, 5.41) is 8.45. The van der Waals surface area contributed by atoms with Gasteiger partial charge in [-0.25, -0.2) is 0 Å². The first-order valence-electron chi connectivity index (χ1n) is 8.58. The molecule has 3 heterocycles. The van der Waals surface area contributed by atoms with Crippen molar-refractivity contribution in [3.05, 3.63) is 42.1 Å². The minimum Gasteiger partial charge on any atom is -0.497 e. The van der Waals surface area contributed by atoms with Gasteiger partial charge in [0.25, 0.3) is 0 Å². The van der Waals surface area contributed by atoms with E-state index in [-0.39, 0.29) is 11.3 Å². The third-order valence-electron chi connectivity index (χ3n) is 5.25. The number of aromatic nitrogens is 2. The number of carbonyl (C=O) groups excluding carboxylic acids is 1. The van der Waals surface area contributed by atoms with Gasteiger partial charge < -0.3 is 14.5 Å². The van der Waals surface area contributed by atoms with Crippen LogP contribution in [0.25, 0.3) is 0 Å². The van der Waals surface area contributed by atoms with E-state index in [9.17, 15) is 4.79 Å². The molecule has 4 rings (SSSR count). The van der Waals surface area contributed by atoms with Crippen molar-refractivity contribution in [2.24, 2.45) is 5.41 Å². The largest absolute Gasteiger partial charge is 0.497 e. The smallest absolute Gasteiger partial charge is 0.227 e. The second-order valence-electron chi connectivity index (χ2n) is 7.06. The van der Waals surface area contributed by atoms with E-state index in [1.54, 1.807) is 7.11 Å². The number of hydrogen-bond donors (Lipinski definition) is 0. The average molecular weight is 338 g/mol. The second-order valence-corrected chi connectivity index (χ2v) is 7.06. The molecule has 2 aliphatic rings. The number of aryl methyl sites for hydroxylation is 1. The molecule has 1 aromatic heterocycles. The Morgan fingerprint density at radius 2 is 1.88 bits per heavy atom. The lowest BCUT2D eigenvalue weighted by Gasteiger charge is -2.24. The molecule has 2 fully saturated rings. The Hall–Kier alpha value is -2.63. The Morgan fingerprint density at radius 3 is 2.56 bits per heavy atom. The molecule has 0 radical (unpaired) electrons. The van der Waals surface area contributed by atoms with Crippen molar-refractivity contribution in [3.8, 4) is 5.75 Å². The number of methoxy groups -OCH3 is 1. The molecule has 25 heavy (non-hydrogen) atoms. The van der Waals surface area contributed by atoms with Crippen LogP contribution < -0.4 is 14.5 Å². The fraction of sp³-hybridized carbons (Fsp3) is 0.421. The van der Waals surface area contributed by atoms with Crippen molar-refractivity contribution in [2.75, 3.05) is 36.5 Å². The van der Waals surface area contributed by atoms with Crippen LogP contribution >= 0.6 is 0 Å². The number of ether oxygens (including phenoxy) is 1. The minimum atomic E-state index is 0.00355. The first-order chi connectivity index (χ1) is 12.1. The summed E-state index contributed by atoms with van der Waals surface area (Å²) in [5.74, 6) is 1.90. The fourth-order valence-corrected chi connectivity index (χ4v) is 3.86. The van der Waals surface area contributed by atoms with E-state index >= 15 is 0 Å². The van der Waals surface area contributed by atoms with Gasteiger partial charge in [0.1, 0.15) is 5.75 Å². The van der Waals surface area contributed by atoms with Gasteiger partial charge in [-0.3, -0.25) is 4.79 Å². The molecular formula is C19H22N4O2. The molecule has 1 atom stereocenters. The zero-order valence-corrected chi connectivity index (χ0v) is 14.6. The van der Waals surface area contributed by atoms with Crippen molar-refractivity contribution < 1.29 is 9.53 Å². The third kappa shape index (κ3) is 2.92. The molecule has 0 N–H and O–H groups in total. The van der Waals surface area contributed by atoms with E-state index in [4.69, 9.17) is 4.74 Å². The molecule has 0 bridgehead atoms. The van der Waals surface area contributed by atoms with E-state index in [0.29, 0.717) is 6.42 Å². The second kappa shape index (κ2) is 6.02. The highest BCUT2D eigenvalue weighted by molar-refractivity contribution is 5.96. The third-order valence-corrected chi connectivity index (χ3v) is 5.25. The van der Waals surface area contributed by atoms with Crippen LogP contribution in [0.1, 0.15) is 18.5 Å². The Morgan fingerprint density at radius 1 is 1.08 bits per heavy atom. The Kier molecular flexibility index (Phi) is 3.82. The molecular weight excluding hydrogens is 316 g/mol. The van der Waals surface area contributed by atoms with Gasteiger partial charge in [-0.15, -0.1) is 5.10 Å². The van der Waals surface area contributed by atoms with Crippen LogP contribution in [0.15, 0.2) is 36.4 Å². The van der Waals surface area contributed by atoms with E-state index in [1.807, 2.05) is 48.2 Å². The highest BCUT2D eigenvalue weighted by atomic mass is 16.5. The summed E-state index contributed by atoms with van der Waals surface area (Å²) in [4.78, 5) is 16.8. The molecule has 130 valence electrons. The van der Waals surface area contributed by atoms with Crippen LogP contribution in [0.4, 0.5) is 11.5 Å². The summed E-state index contributed by atoms with van der Waals surface area (Å²) in [7, 11) is 1.64. The van der Waals surface area contributed by atoms with Crippen LogP contribution in [-0.4, -0.2) is 42.8 Å². The first kappa shape index (κ1) is 15.9. The van der Waals surface area contributed by atoms with Gasteiger partial charge in [0, 0.05) is 37.2 Å². The summed E-state index contributed by atoms with van der Waals surface area (Å²) >= 11 is 0. The fourth-order valence-electron chi connectivity index (χ4n) is 3.86. The molecule has 2 aromatic rings. The Labute approximate surface area is 147 Å². The molecule has 2 aliphatic heterocycles. The summed E-state index contributed by atoms with van der Waals surface area (Å²) in [6.45, 7) is 4.46. The first-order valence-corrected chi connectivity index (χ1v) is 8.58. The zero-order valence-electron chi connectivity index (χ0n) is 14.6. The highest BCUT2D eigenvalue weighted by Gasteiger charge is 2.48. The number of amides is 1. The maximum atomic E-state index is 12.6. The van der Waals surface area contributed by atoms with Gasteiger partial charge in [-0.05, 0) is 49.7 Å². The number of anilines is 2. The number of nitrogens with zero attached hydrogens (tertiary/aromatic N) is 4. The summed E-state index contributed by atoms with van der Waals surface area (Å²) < 4.78 is 5.20. The lowest BCUT2D eigenvalue weighted by molar-refractivity contribution is -0.117. The minimum absolute atomic E-state index is 0.00355. The Bertz CT molecular complexity index is 775. The van der Waals surface area contributed by atoms with Crippen LogP contribution in [-0.2, 0) is 4.79 Å². The molecule has 2 saturated heterocycles. The van der Waals surface area contributed by atoms with Gasteiger partial charge in [-0.1, -0.05) is 0 Å². The predicted octanol–water partition coefficient (Wildman–Crippen LogP) is 2.43. The molecule has 1 spiro atoms. The topological polar surface area (TPSA) is 58.6 Å². The molecule has 1 amide bonds. The summed E-state index contributed by atoms with van der Waals surface area (Å²) in [6.07, 6.45) is 1.59. The zero-order chi connectivity index (χ0) is 17.4. The van der Waals surface area contributed by atoms with Crippen LogP contribution in [0.2, 0.25) is 0 Å². The van der Waals surface area contributed by atoms with E-state index in [1.165, 1.54) is 0 Å². The van der Waals surface area contributed by atoms with Gasteiger partial charge in [0.15, 0.2) is 5.82 Å². The van der Waals surface area contributed by atoms with E-state index in [0.717, 1.165) is 49.0 Å². The summed E-state index contributed by atoms with van der Waals surface area (Å²) in [5.41, 5.74) is 1.86. The number of rotatable bonds is 3. The van der Waals surface area contributed by atoms with E-state index < -0.39 is 0 Å². The Balaban J connectivity index is 1.50. The van der Waals surface area contributed by atoms with Gasteiger partial charge in [0.05, 0.1) is 12.8 Å². The lowest BCUT2D eigenvalue weighted by Crippen LogP contribution is -2.31. The number of carbonyl (C=O) groups is 1. The molecule has 6 nitrogen and oxygen atoms in total. The van der Waals surface area contributed by atoms with Crippen molar-refractivity contribution >= 4 is 17.4 Å². The lowest BCUT2D eigenvalue weighted by atomic mass is 9.86. The van der Waals surface area contributed by atoms with E-state index in [2.05, 4.69) is 15.1 Å².